The van der Waals surface area contributed by atoms with Crippen LogP contribution in [0.25, 0.3) is 11.2 Å². The van der Waals surface area contributed by atoms with Gasteiger partial charge in [0, 0.05) is 33.2 Å². The summed E-state index contributed by atoms with van der Waals surface area (Å²) in [6.45, 7) is 2.03. The van der Waals surface area contributed by atoms with Gasteiger partial charge >= 0.3 is 5.69 Å². The quantitative estimate of drug-likeness (QED) is 0.724. The SMILES string of the molecule is Cn1c(=O)c2c(nc(N3CCCCC(N)C3)n2Cc2ccccc2)n(C)c1=O. The summed E-state index contributed by atoms with van der Waals surface area (Å²) in [5, 5.41) is 0. The summed E-state index contributed by atoms with van der Waals surface area (Å²) in [5.41, 5.74) is 7.49. The first-order valence-corrected chi connectivity index (χ1v) is 9.68. The molecule has 1 aromatic carbocycles. The molecule has 3 aromatic rings. The summed E-state index contributed by atoms with van der Waals surface area (Å²) >= 11 is 0. The summed E-state index contributed by atoms with van der Waals surface area (Å²) < 4.78 is 4.52. The van der Waals surface area contributed by atoms with Crippen LogP contribution in [0, 0.1) is 0 Å². The van der Waals surface area contributed by atoms with Crippen LogP contribution in [0.4, 0.5) is 5.95 Å². The van der Waals surface area contributed by atoms with Crippen molar-refractivity contribution in [2.75, 3.05) is 18.0 Å². The minimum Gasteiger partial charge on any atom is -0.341 e. The van der Waals surface area contributed by atoms with Crippen LogP contribution in [0.1, 0.15) is 24.8 Å². The van der Waals surface area contributed by atoms with Gasteiger partial charge in [0.2, 0.25) is 5.95 Å². The fourth-order valence-electron chi connectivity index (χ4n) is 3.95. The van der Waals surface area contributed by atoms with Gasteiger partial charge in [-0.25, -0.2) is 4.79 Å². The molecule has 0 amide bonds. The summed E-state index contributed by atoms with van der Waals surface area (Å²) in [7, 11) is 3.16. The van der Waals surface area contributed by atoms with E-state index in [2.05, 4.69) is 4.90 Å². The third-order valence-corrected chi connectivity index (χ3v) is 5.50. The molecule has 1 saturated heterocycles. The average Bonchev–Trinajstić information content (AvgIpc) is 2.93. The summed E-state index contributed by atoms with van der Waals surface area (Å²) in [4.78, 5) is 32.3. The Morgan fingerprint density at radius 3 is 2.61 bits per heavy atom. The summed E-state index contributed by atoms with van der Waals surface area (Å²) in [6, 6.07) is 10.0. The van der Waals surface area contributed by atoms with Crippen molar-refractivity contribution in [3.63, 3.8) is 0 Å². The van der Waals surface area contributed by atoms with Crippen LogP contribution in [0.3, 0.4) is 0 Å². The molecule has 4 rings (SSSR count). The van der Waals surface area contributed by atoms with Gasteiger partial charge in [-0.05, 0) is 18.4 Å². The Morgan fingerprint density at radius 1 is 1.11 bits per heavy atom. The molecule has 1 aliphatic heterocycles. The zero-order valence-electron chi connectivity index (χ0n) is 16.3. The molecular weight excluding hydrogens is 356 g/mol. The van der Waals surface area contributed by atoms with Gasteiger partial charge in [0.1, 0.15) is 0 Å². The Kier molecular flexibility index (Phi) is 4.80. The number of hydrogen-bond acceptors (Lipinski definition) is 5. The molecular formula is C20H26N6O2. The Morgan fingerprint density at radius 2 is 1.86 bits per heavy atom. The fourth-order valence-corrected chi connectivity index (χ4v) is 3.95. The molecule has 8 nitrogen and oxygen atoms in total. The van der Waals surface area contributed by atoms with E-state index < -0.39 is 0 Å². The molecule has 28 heavy (non-hydrogen) atoms. The number of anilines is 1. The van der Waals surface area contributed by atoms with E-state index in [1.54, 1.807) is 7.05 Å². The van der Waals surface area contributed by atoms with Crippen LogP contribution in [-0.2, 0) is 20.6 Å². The van der Waals surface area contributed by atoms with Crippen LogP contribution >= 0.6 is 0 Å². The highest BCUT2D eigenvalue weighted by Gasteiger charge is 2.25. The van der Waals surface area contributed by atoms with Crippen molar-refractivity contribution in [2.24, 2.45) is 19.8 Å². The topological polar surface area (TPSA) is 91.1 Å². The molecule has 1 fully saturated rings. The second kappa shape index (κ2) is 7.27. The van der Waals surface area contributed by atoms with Crippen LogP contribution in [0.5, 0.6) is 0 Å². The zero-order chi connectivity index (χ0) is 19.8. The van der Waals surface area contributed by atoms with Crippen molar-refractivity contribution in [3.8, 4) is 0 Å². The van der Waals surface area contributed by atoms with E-state index in [1.807, 2.05) is 34.9 Å². The number of aryl methyl sites for hydroxylation is 1. The molecule has 0 radical (unpaired) electrons. The normalized spacial score (nSPS) is 17.8. The molecule has 2 N–H and O–H groups in total. The van der Waals surface area contributed by atoms with E-state index in [1.165, 1.54) is 11.6 Å². The standard InChI is InChI=1S/C20H26N6O2/c1-23-17-16(18(27)24(2)20(23)28)26(12-14-8-4-3-5-9-14)19(22-17)25-11-7-6-10-15(21)13-25/h3-5,8-9,15H,6-7,10-13,21H2,1-2H3. The van der Waals surface area contributed by atoms with Crippen molar-refractivity contribution in [3.05, 3.63) is 56.7 Å². The van der Waals surface area contributed by atoms with E-state index in [-0.39, 0.29) is 17.3 Å². The largest absolute Gasteiger partial charge is 0.341 e. The Labute approximate surface area is 162 Å². The third-order valence-electron chi connectivity index (χ3n) is 5.50. The first kappa shape index (κ1) is 18.5. The first-order chi connectivity index (χ1) is 13.5. The zero-order valence-corrected chi connectivity index (χ0v) is 16.3. The maximum atomic E-state index is 13.0. The number of nitrogens with two attached hydrogens (primary N) is 1. The molecule has 1 unspecified atom stereocenters. The molecule has 1 aliphatic rings. The predicted octanol–water partition coefficient (Wildman–Crippen LogP) is 0.800. The number of fused-ring (bicyclic) bond motifs is 1. The van der Waals surface area contributed by atoms with Gasteiger partial charge in [0.15, 0.2) is 11.2 Å². The van der Waals surface area contributed by atoms with Gasteiger partial charge in [0.25, 0.3) is 5.56 Å². The van der Waals surface area contributed by atoms with Crippen molar-refractivity contribution in [2.45, 2.75) is 31.8 Å². The lowest BCUT2D eigenvalue weighted by atomic mass is 10.2. The number of nitrogens with zero attached hydrogens (tertiary/aromatic N) is 5. The highest BCUT2D eigenvalue weighted by atomic mass is 16.2. The number of benzene rings is 1. The van der Waals surface area contributed by atoms with Gasteiger partial charge in [-0.3, -0.25) is 18.5 Å². The van der Waals surface area contributed by atoms with Crippen LogP contribution in [-0.4, -0.2) is 37.8 Å². The Bertz CT molecular complexity index is 1110. The minimum atomic E-state index is -0.374. The number of rotatable bonds is 3. The van der Waals surface area contributed by atoms with E-state index in [0.29, 0.717) is 30.2 Å². The van der Waals surface area contributed by atoms with E-state index in [4.69, 9.17) is 10.7 Å². The van der Waals surface area contributed by atoms with Crippen LogP contribution in [0.2, 0.25) is 0 Å². The van der Waals surface area contributed by atoms with Gasteiger partial charge in [0.05, 0.1) is 6.54 Å². The average molecular weight is 382 g/mol. The van der Waals surface area contributed by atoms with Gasteiger partial charge in [-0.2, -0.15) is 4.98 Å². The Hall–Kier alpha value is -2.87. The van der Waals surface area contributed by atoms with Crippen molar-refractivity contribution in [1.29, 1.82) is 0 Å². The van der Waals surface area contributed by atoms with Crippen molar-refractivity contribution < 1.29 is 0 Å². The highest BCUT2D eigenvalue weighted by Crippen LogP contribution is 2.23. The van der Waals surface area contributed by atoms with Gasteiger partial charge in [-0.15, -0.1) is 0 Å². The van der Waals surface area contributed by atoms with E-state index in [9.17, 15) is 9.59 Å². The molecule has 1 atom stereocenters. The van der Waals surface area contributed by atoms with Gasteiger partial charge in [-0.1, -0.05) is 36.8 Å². The second-order valence-corrected chi connectivity index (χ2v) is 7.56. The monoisotopic (exact) mass is 382 g/mol. The molecule has 8 heteroatoms. The second-order valence-electron chi connectivity index (χ2n) is 7.56. The van der Waals surface area contributed by atoms with Crippen molar-refractivity contribution >= 4 is 17.1 Å². The van der Waals surface area contributed by atoms with Crippen LogP contribution < -0.4 is 21.9 Å². The molecule has 0 bridgehead atoms. The third kappa shape index (κ3) is 3.13. The molecule has 0 saturated carbocycles. The maximum absolute atomic E-state index is 13.0. The van der Waals surface area contributed by atoms with E-state index >= 15 is 0 Å². The van der Waals surface area contributed by atoms with Crippen molar-refractivity contribution in [1.82, 2.24) is 18.7 Å². The minimum absolute atomic E-state index is 0.0686. The summed E-state index contributed by atoms with van der Waals surface area (Å²) in [6.07, 6.45) is 3.09. The lowest BCUT2D eigenvalue weighted by Gasteiger charge is -2.24. The fraction of sp³-hybridized carbons (Fsp3) is 0.450. The molecule has 3 heterocycles. The number of imidazole rings is 1. The van der Waals surface area contributed by atoms with E-state index in [0.717, 1.165) is 35.9 Å². The van der Waals surface area contributed by atoms with Crippen LogP contribution in [0.15, 0.2) is 39.9 Å². The lowest BCUT2D eigenvalue weighted by Crippen LogP contribution is -2.38. The lowest BCUT2D eigenvalue weighted by molar-refractivity contribution is 0.615. The molecule has 0 spiro atoms. The molecule has 148 valence electrons. The molecule has 0 aliphatic carbocycles. The first-order valence-electron chi connectivity index (χ1n) is 9.68. The Balaban J connectivity index is 1.96. The van der Waals surface area contributed by atoms with Gasteiger partial charge < -0.3 is 10.6 Å². The maximum Gasteiger partial charge on any atom is 0.332 e. The molecule has 2 aromatic heterocycles. The number of aromatic nitrogens is 4. The smallest absolute Gasteiger partial charge is 0.332 e. The number of hydrogen-bond donors (Lipinski definition) is 1. The highest BCUT2D eigenvalue weighted by molar-refractivity contribution is 5.74. The predicted molar refractivity (Wildman–Crippen MR) is 110 cm³/mol. The summed E-state index contributed by atoms with van der Waals surface area (Å²) in [5.74, 6) is 0.703.